The van der Waals surface area contributed by atoms with E-state index < -0.39 is 0 Å². The van der Waals surface area contributed by atoms with E-state index in [1.54, 1.807) is 19.2 Å². The fraction of sp³-hybridized carbons (Fsp3) is 0.588. The van der Waals surface area contributed by atoms with Crippen molar-refractivity contribution in [3.63, 3.8) is 0 Å². The van der Waals surface area contributed by atoms with Crippen molar-refractivity contribution in [2.24, 2.45) is 4.99 Å². The van der Waals surface area contributed by atoms with Gasteiger partial charge in [-0.2, -0.15) is 0 Å². The average Bonchev–Trinajstić information content (AvgIpc) is 2.47. The van der Waals surface area contributed by atoms with Crippen molar-refractivity contribution in [3.8, 4) is 0 Å². The van der Waals surface area contributed by atoms with Crippen LogP contribution in [0.2, 0.25) is 0 Å². The molecular weight excluding hydrogens is 279 g/mol. The average molecular weight is 308 g/mol. The minimum Gasteiger partial charge on any atom is -0.355 e. The number of nitrogens with zero attached hydrogens (tertiary/aromatic N) is 2. The SMILES string of the molecule is CN=C(NCCN(C(C)C)C(C)C)NCc1ccc(F)cc1. The topological polar surface area (TPSA) is 39.7 Å². The maximum absolute atomic E-state index is 12.9. The number of hydrogen-bond acceptors (Lipinski definition) is 2. The first kappa shape index (κ1) is 18.4. The molecule has 1 rings (SSSR count). The number of halogens is 1. The van der Waals surface area contributed by atoms with Crippen molar-refractivity contribution < 1.29 is 4.39 Å². The molecule has 0 bridgehead atoms. The Kier molecular flexibility index (Phi) is 7.88. The molecule has 4 nitrogen and oxygen atoms in total. The molecule has 0 aliphatic heterocycles. The number of nitrogens with one attached hydrogen (secondary N) is 2. The largest absolute Gasteiger partial charge is 0.355 e. The van der Waals surface area contributed by atoms with Gasteiger partial charge in [-0.1, -0.05) is 12.1 Å². The Morgan fingerprint density at radius 2 is 1.68 bits per heavy atom. The van der Waals surface area contributed by atoms with Crippen LogP contribution in [0.25, 0.3) is 0 Å². The third kappa shape index (κ3) is 6.43. The summed E-state index contributed by atoms with van der Waals surface area (Å²) >= 11 is 0. The minimum absolute atomic E-state index is 0.214. The van der Waals surface area contributed by atoms with Crippen molar-refractivity contribution in [3.05, 3.63) is 35.6 Å². The first-order valence-corrected chi connectivity index (χ1v) is 7.88. The molecule has 5 heteroatoms. The molecule has 0 atom stereocenters. The summed E-state index contributed by atoms with van der Waals surface area (Å²) in [6, 6.07) is 7.53. The van der Waals surface area contributed by atoms with Gasteiger partial charge in [0.25, 0.3) is 0 Å². The smallest absolute Gasteiger partial charge is 0.191 e. The molecular formula is C17H29FN4. The van der Waals surface area contributed by atoms with Gasteiger partial charge >= 0.3 is 0 Å². The minimum atomic E-state index is -0.214. The number of aliphatic imine (C=N–C) groups is 1. The van der Waals surface area contributed by atoms with Crippen LogP contribution in [0.5, 0.6) is 0 Å². The van der Waals surface area contributed by atoms with Crippen LogP contribution >= 0.6 is 0 Å². The van der Waals surface area contributed by atoms with Gasteiger partial charge in [-0.15, -0.1) is 0 Å². The van der Waals surface area contributed by atoms with Gasteiger partial charge in [0, 0.05) is 38.8 Å². The Balaban J connectivity index is 2.38. The van der Waals surface area contributed by atoms with E-state index in [4.69, 9.17) is 0 Å². The molecule has 0 aromatic heterocycles. The van der Waals surface area contributed by atoms with Crippen LogP contribution in [0.4, 0.5) is 4.39 Å². The van der Waals surface area contributed by atoms with E-state index in [1.807, 2.05) is 0 Å². The highest BCUT2D eigenvalue weighted by molar-refractivity contribution is 5.79. The fourth-order valence-corrected chi connectivity index (χ4v) is 2.42. The van der Waals surface area contributed by atoms with Gasteiger partial charge in [0.1, 0.15) is 5.82 Å². The molecule has 0 heterocycles. The Bertz CT molecular complexity index is 446. The number of hydrogen-bond donors (Lipinski definition) is 2. The van der Waals surface area contributed by atoms with E-state index >= 15 is 0 Å². The molecule has 1 aromatic rings. The summed E-state index contributed by atoms with van der Waals surface area (Å²) in [5, 5.41) is 6.55. The van der Waals surface area contributed by atoms with Gasteiger partial charge in [0.05, 0.1) is 0 Å². The van der Waals surface area contributed by atoms with E-state index in [-0.39, 0.29) is 5.82 Å². The molecule has 0 radical (unpaired) electrons. The lowest BCUT2D eigenvalue weighted by atomic mass is 10.2. The number of rotatable bonds is 7. The lowest BCUT2D eigenvalue weighted by Gasteiger charge is -2.30. The van der Waals surface area contributed by atoms with Crippen molar-refractivity contribution in [2.75, 3.05) is 20.1 Å². The molecule has 0 aliphatic rings. The molecule has 0 spiro atoms. The van der Waals surface area contributed by atoms with Gasteiger partial charge in [0.15, 0.2) is 5.96 Å². The van der Waals surface area contributed by atoms with Crippen molar-refractivity contribution in [1.82, 2.24) is 15.5 Å². The molecule has 0 aliphatic carbocycles. The predicted octanol–water partition coefficient (Wildman–Crippen LogP) is 2.61. The Morgan fingerprint density at radius 3 is 2.18 bits per heavy atom. The predicted molar refractivity (Wildman–Crippen MR) is 91.6 cm³/mol. The molecule has 0 saturated heterocycles. The molecule has 1 aromatic carbocycles. The van der Waals surface area contributed by atoms with Crippen molar-refractivity contribution in [1.29, 1.82) is 0 Å². The van der Waals surface area contributed by atoms with Gasteiger partial charge in [0.2, 0.25) is 0 Å². The molecule has 22 heavy (non-hydrogen) atoms. The van der Waals surface area contributed by atoms with Crippen molar-refractivity contribution >= 4 is 5.96 Å². The maximum Gasteiger partial charge on any atom is 0.191 e. The zero-order valence-electron chi connectivity index (χ0n) is 14.4. The highest BCUT2D eigenvalue weighted by Crippen LogP contribution is 2.03. The molecule has 0 fully saturated rings. The molecule has 0 unspecified atom stereocenters. The summed E-state index contributed by atoms with van der Waals surface area (Å²) in [5.74, 6) is 0.547. The van der Waals surface area contributed by atoms with Gasteiger partial charge in [-0.25, -0.2) is 4.39 Å². The molecule has 2 N–H and O–H groups in total. The van der Waals surface area contributed by atoms with Gasteiger partial charge in [-0.05, 0) is 45.4 Å². The van der Waals surface area contributed by atoms with Crippen LogP contribution in [0.3, 0.4) is 0 Å². The first-order valence-electron chi connectivity index (χ1n) is 7.88. The summed E-state index contributed by atoms with van der Waals surface area (Å²) in [6.07, 6.45) is 0. The second-order valence-corrected chi connectivity index (χ2v) is 5.90. The first-order chi connectivity index (χ1) is 10.4. The highest BCUT2D eigenvalue weighted by atomic mass is 19.1. The lowest BCUT2D eigenvalue weighted by molar-refractivity contribution is 0.178. The van der Waals surface area contributed by atoms with E-state index in [1.165, 1.54) is 12.1 Å². The summed E-state index contributed by atoms with van der Waals surface area (Å²) in [5.41, 5.74) is 1.02. The Labute approximate surface area is 133 Å². The Hall–Kier alpha value is -1.62. The van der Waals surface area contributed by atoms with Gasteiger partial charge < -0.3 is 10.6 Å². The molecule has 0 saturated carbocycles. The quantitative estimate of drug-likeness (QED) is 0.601. The standard InChI is InChI=1S/C17H29FN4/c1-13(2)22(14(3)4)11-10-20-17(19-5)21-12-15-6-8-16(18)9-7-15/h6-9,13-14H,10-12H2,1-5H3,(H2,19,20,21). The summed E-state index contributed by atoms with van der Waals surface area (Å²) < 4.78 is 12.9. The lowest BCUT2D eigenvalue weighted by Crippen LogP contribution is -2.45. The fourth-order valence-electron chi connectivity index (χ4n) is 2.42. The molecule has 0 amide bonds. The number of benzene rings is 1. The second kappa shape index (κ2) is 9.41. The Morgan fingerprint density at radius 1 is 1.09 bits per heavy atom. The van der Waals surface area contributed by atoms with Crippen molar-refractivity contribution in [2.45, 2.75) is 46.3 Å². The third-order valence-electron chi connectivity index (χ3n) is 3.59. The number of guanidine groups is 1. The van der Waals surface area contributed by atoms with E-state index in [9.17, 15) is 4.39 Å². The molecule has 124 valence electrons. The van der Waals surface area contributed by atoms with E-state index in [0.29, 0.717) is 18.6 Å². The van der Waals surface area contributed by atoms with Crippen LogP contribution in [-0.4, -0.2) is 43.1 Å². The summed E-state index contributed by atoms with van der Waals surface area (Å²) in [7, 11) is 1.75. The zero-order valence-corrected chi connectivity index (χ0v) is 14.4. The summed E-state index contributed by atoms with van der Waals surface area (Å²) in [6.45, 7) is 11.3. The maximum atomic E-state index is 12.9. The van der Waals surface area contributed by atoms with E-state index in [0.717, 1.165) is 24.6 Å². The monoisotopic (exact) mass is 308 g/mol. The normalized spacial score (nSPS) is 12.3. The van der Waals surface area contributed by atoms with Crippen LogP contribution in [0.15, 0.2) is 29.3 Å². The second-order valence-electron chi connectivity index (χ2n) is 5.90. The van der Waals surface area contributed by atoms with Gasteiger partial charge in [-0.3, -0.25) is 9.89 Å². The van der Waals surface area contributed by atoms with Crippen LogP contribution in [-0.2, 0) is 6.54 Å². The highest BCUT2D eigenvalue weighted by Gasteiger charge is 2.12. The summed E-state index contributed by atoms with van der Waals surface area (Å²) in [4.78, 5) is 6.64. The van der Waals surface area contributed by atoms with Crippen LogP contribution < -0.4 is 10.6 Å². The van der Waals surface area contributed by atoms with E-state index in [2.05, 4.69) is 48.2 Å². The van der Waals surface area contributed by atoms with Crippen LogP contribution in [0, 0.1) is 5.82 Å². The zero-order chi connectivity index (χ0) is 16.5. The van der Waals surface area contributed by atoms with Crippen LogP contribution in [0.1, 0.15) is 33.3 Å². The third-order valence-corrected chi connectivity index (χ3v) is 3.59.